The second kappa shape index (κ2) is 6.63. The van der Waals surface area contributed by atoms with Crippen LogP contribution in [0.25, 0.3) is 0 Å². The van der Waals surface area contributed by atoms with Crippen LogP contribution in [0, 0.1) is 12.8 Å². The molecule has 1 fully saturated rings. The molecule has 2 N–H and O–H groups in total. The largest absolute Gasteiger partial charge is 0.369 e. The molecule has 2 amide bonds. The Bertz CT molecular complexity index is 702. The Morgan fingerprint density at radius 2 is 1.96 bits per heavy atom. The molecule has 1 aromatic heterocycles. The first-order valence-electron chi connectivity index (χ1n) is 7.15. The van der Waals surface area contributed by atoms with E-state index in [-0.39, 0.29) is 32.1 Å². The van der Waals surface area contributed by atoms with Gasteiger partial charge in [-0.3, -0.25) is 14.6 Å². The lowest BCUT2D eigenvalue weighted by atomic mass is 10.1. The molecule has 0 unspecified atom stereocenters. The maximum absolute atomic E-state index is 12.6. The maximum Gasteiger partial charge on any atom is 0.255 e. The van der Waals surface area contributed by atoms with Crippen molar-refractivity contribution in [2.75, 3.05) is 32.4 Å². The SMILES string of the molecule is Cc1ccc(C(=O)N2CCN(S(C)(=O)=O)C[C@H](C(N)=O)C2)cn1. The Hall–Kier alpha value is -2.00. The Balaban J connectivity index is 2.23. The smallest absolute Gasteiger partial charge is 0.255 e. The summed E-state index contributed by atoms with van der Waals surface area (Å²) in [5, 5.41) is 0. The van der Waals surface area contributed by atoms with Gasteiger partial charge in [-0.1, -0.05) is 0 Å². The number of carbonyl (C=O) groups excluding carboxylic acids is 2. The summed E-state index contributed by atoms with van der Waals surface area (Å²) in [5.41, 5.74) is 6.54. The van der Waals surface area contributed by atoms with Gasteiger partial charge in [0.2, 0.25) is 15.9 Å². The fraction of sp³-hybridized carbons (Fsp3) is 0.500. The summed E-state index contributed by atoms with van der Waals surface area (Å²) in [6, 6.07) is 3.38. The molecule has 0 spiro atoms. The third-order valence-electron chi connectivity index (χ3n) is 3.80. The van der Waals surface area contributed by atoms with Crippen molar-refractivity contribution in [1.82, 2.24) is 14.2 Å². The molecule has 8 nitrogen and oxygen atoms in total. The number of hydrogen-bond donors (Lipinski definition) is 1. The Morgan fingerprint density at radius 1 is 1.26 bits per heavy atom. The van der Waals surface area contributed by atoms with Gasteiger partial charge >= 0.3 is 0 Å². The zero-order valence-electron chi connectivity index (χ0n) is 13.1. The van der Waals surface area contributed by atoms with Crippen LogP contribution >= 0.6 is 0 Å². The van der Waals surface area contributed by atoms with Crippen molar-refractivity contribution >= 4 is 21.8 Å². The summed E-state index contributed by atoms with van der Waals surface area (Å²) in [5.74, 6) is -1.66. The van der Waals surface area contributed by atoms with Gasteiger partial charge in [0, 0.05) is 38.1 Å². The molecule has 2 rings (SSSR count). The van der Waals surface area contributed by atoms with Crippen molar-refractivity contribution in [1.29, 1.82) is 0 Å². The molecule has 2 heterocycles. The Morgan fingerprint density at radius 3 is 2.48 bits per heavy atom. The van der Waals surface area contributed by atoms with Crippen molar-refractivity contribution in [2.24, 2.45) is 11.7 Å². The highest BCUT2D eigenvalue weighted by atomic mass is 32.2. The zero-order valence-corrected chi connectivity index (χ0v) is 13.9. The van der Waals surface area contributed by atoms with Crippen molar-refractivity contribution in [3.05, 3.63) is 29.6 Å². The van der Waals surface area contributed by atoms with E-state index in [2.05, 4.69) is 4.98 Å². The summed E-state index contributed by atoms with van der Waals surface area (Å²) in [6.07, 6.45) is 2.54. The van der Waals surface area contributed by atoms with Crippen LogP contribution in [0.2, 0.25) is 0 Å². The van der Waals surface area contributed by atoms with Crippen LogP contribution in [0.5, 0.6) is 0 Å². The fourth-order valence-electron chi connectivity index (χ4n) is 2.43. The van der Waals surface area contributed by atoms with Crippen molar-refractivity contribution in [2.45, 2.75) is 6.92 Å². The van der Waals surface area contributed by atoms with Crippen LogP contribution in [0.1, 0.15) is 16.1 Å². The van der Waals surface area contributed by atoms with Gasteiger partial charge < -0.3 is 10.6 Å². The molecule has 1 aromatic rings. The molecule has 0 radical (unpaired) electrons. The molecule has 0 saturated carbocycles. The summed E-state index contributed by atoms with van der Waals surface area (Å²) in [6.45, 7) is 2.22. The van der Waals surface area contributed by atoms with Crippen molar-refractivity contribution in [3.63, 3.8) is 0 Å². The first kappa shape index (κ1) is 17.4. The quantitative estimate of drug-likeness (QED) is 0.774. The molecule has 126 valence electrons. The molecular formula is C14H20N4O4S. The number of carbonyl (C=O) groups is 2. The molecule has 0 aromatic carbocycles. The average molecular weight is 340 g/mol. The van der Waals surface area contributed by atoms with Crippen LogP contribution in [0.4, 0.5) is 0 Å². The molecule has 1 aliphatic rings. The van der Waals surface area contributed by atoms with E-state index in [1.54, 1.807) is 12.1 Å². The third-order valence-corrected chi connectivity index (χ3v) is 5.07. The van der Waals surface area contributed by atoms with Crippen LogP contribution in [0.3, 0.4) is 0 Å². The Kier molecular flexibility index (Phi) is 5.00. The fourth-order valence-corrected chi connectivity index (χ4v) is 3.29. The number of rotatable bonds is 3. The number of sulfonamides is 1. The van der Waals surface area contributed by atoms with Gasteiger partial charge in [-0.25, -0.2) is 8.42 Å². The topological polar surface area (TPSA) is 114 Å². The third kappa shape index (κ3) is 4.26. The van der Waals surface area contributed by atoms with Crippen LogP contribution in [-0.4, -0.2) is 66.9 Å². The van der Waals surface area contributed by atoms with Crippen LogP contribution < -0.4 is 5.73 Å². The summed E-state index contributed by atoms with van der Waals surface area (Å²) < 4.78 is 24.7. The second-order valence-electron chi connectivity index (χ2n) is 5.66. The van der Waals surface area contributed by atoms with Gasteiger partial charge in [0.1, 0.15) is 0 Å². The van der Waals surface area contributed by atoms with E-state index in [4.69, 9.17) is 5.73 Å². The molecule has 9 heteroatoms. The highest BCUT2D eigenvalue weighted by Gasteiger charge is 2.32. The molecular weight excluding hydrogens is 320 g/mol. The number of aryl methyl sites for hydroxylation is 1. The lowest BCUT2D eigenvalue weighted by Gasteiger charge is -2.22. The van der Waals surface area contributed by atoms with Crippen LogP contribution in [-0.2, 0) is 14.8 Å². The molecule has 1 aliphatic heterocycles. The molecule has 1 atom stereocenters. The van der Waals surface area contributed by atoms with Gasteiger partial charge in [0.05, 0.1) is 17.7 Å². The summed E-state index contributed by atoms with van der Waals surface area (Å²) >= 11 is 0. The minimum absolute atomic E-state index is 0.00983. The number of hydrogen-bond acceptors (Lipinski definition) is 5. The van der Waals surface area contributed by atoms with E-state index in [1.165, 1.54) is 15.4 Å². The number of pyridine rings is 1. The lowest BCUT2D eigenvalue weighted by Crippen LogP contribution is -2.41. The number of nitrogens with two attached hydrogens (primary N) is 1. The van der Waals surface area contributed by atoms with E-state index in [0.29, 0.717) is 5.56 Å². The lowest BCUT2D eigenvalue weighted by molar-refractivity contribution is -0.122. The van der Waals surface area contributed by atoms with E-state index in [0.717, 1.165) is 11.9 Å². The van der Waals surface area contributed by atoms with E-state index in [9.17, 15) is 18.0 Å². The van der Waals surface area contributed by atoms with E-state index in [1.807, 2.05) is 6.92 Å². The molecule has 0 bridgehead atoms. The first-order valence-corrected chi connectivity index (χ1v) is 8.99. The normalized spacial score (nSPS) is 20.1. The van der Waals surface area contributed by atoms with Gasteiger partial charge in [0.15, 0.2) is 0 Å². The summed E-state index contributed by atoms with van der Waals surface area (Å²) in [4.78, 5) is 29.7. The number of nitrogens with zero attached hydrogens (tertiary/aromatic N) is 3. The summed E-state index contributed by atoms with van der Waals surface area (Å²) in [7, 11) is -3.46. The zero-order chi connectivity index (χ0) is 17.2. The molecule has 1 saturated heterocycles. The van der Waals surface area contributed by atoms with E-state index >= 15 is 0 Å². The van der Waals surface area contributed by atoms with Gasteiger partial charge in [-0.2, -0.15) is 4.31 Å². The van der Waals surface area contributed by atoms with Crippen LogP contribution in [0.15, 0.2) is 18.3 Å². The minimum Gasteiger partial charge on any atom is -0.369 e. The first-order chi connectivity index (χ1) is 10.7. The van der Waals surface area contributed by atoms with Gasteiger partial charge in [-0.15, -0.1) is 0 Å². The molecule has 23 heavy (non-hydrogen) atoms. The van der Waals surface area contributed by atoms with Crippen molar-refractivity contribution < 1.29 is 18.0 Å². The van der Waals surface area contributed by atoms with Gasteiger partial charge in [0.25, 0.3) is 5.91 Å². The van der Waals surface area contributed by atoms with Gasteiger partial charge in [-0.05, 0) is 19.1 Å². The molecule has 0 aliphatic carbocycles. The average Bonchev–Trinajstić information content (AvgIpc) is 2.70. The monoisotopic (exact) mass is 340 g/mol. The second-order valence-corrected chi connectivity index (χ2v) is 7.64. The highest BCUT2D eigenvalue weighted by Crippen LogP contribution is 2.15. The van der Waals surface area contributed by atoms with E-state index < -0.39 is 21.8 Å². The predicted molar refractivity (Wildman–Crippen MR) is 84.0 cm³/mol. The minimum atomic E-state index is -3.46. The highest BCUT2D eigenvalue weighted by molar-refractivity contribution is 7.88. The standard InChI is InChI=1S/C14H20N4O4S/c1-10-3-4-11(7-16-10)14(20)17-5-6-18(23(2,21)22)9-12(8-17)13(15)19/h3-4,7,12H,5-6,8-9H2,1-2H3,(H2,15,19)/t12-/m1/s1. The van der Waals surface area contributed by atoms with Crippen molar-refractivity contribution in [3.8, 4) is 0 Å². The number of amides is 2. The maximum atomic E-state index is 12.6. The Labute approximate surface area is 135 Å². The number of primary amides is 1. The predicted octanol–water partition coefficient (Wildman–Crippen LogP) is -0.791. The number of aromatic nitrogens is 1.